The Morgan fingerprint density at radius 3 is 2.60 bits per heavy atom. The smallest absolute Gasteiger partial charge is 0.251 e. The van der Waals surface area contributed by atoms with Gasteiger partial charge in [0, 0.05) is 17.1 Å². The van der Waals surface area contributed by atoms with Crippen LogP contribution in [0.25, 0.3) is 5.69 Å². The molecule has 2 aromatic carbocycles. The fraction of sp³-hybridized carbons (Fsp3) is 0.240. The fourth-order valence-electron chi connectivity index (χ4n) is 3.44. The first-order valence-electron chi connectivity index (χ1n) is 11.0. The molecule has 0 bridgehead atoms. The van der Waals surface area contributed by atoms with E-state index in [0.29, 0.717) is 21.7 Å². The zero-order chi connectivity index (χ0) is 24.9. The van der Waals surface area contributed by atoms with Gasteiger partial charge >= 0.3 is 0 Å². The maximum Gasteiger partial charge on any atom is 0.251 e. The van der Waals surface area contributed by atoms with Crippen LogP contribution in [0.1, 0.15) is 38.4 Å². The molecule has 2 N–H and O–H groups in total. The van der Waals surface area contributed by atoms with Crippen LogP contribution in [0.15, 0.2) is 53.1 Å². The van der Waals surface area contributed by atoms with Crippen molar-refractivity contribution < 1.29 is 9.59 Å². The summed E-state index contributed by atoms with van der Waals surface area (Å²) < 4.78 is 1.91. The van der Waals surface area contributed by atoms with E-state index < -0.39 is 0 Å². The van der Waals surface area contributed by atoms with Gasteiger partial charge in [-0.15, -0.1) is 21.5 Å². The van der Waals surface area contributed by atoms with Crippen LogP contribution in [0.5, 0.6) is 0 Å². The molecule has 0 unspecified atom stereocenters. The standard InChI is InChI=1S/C25H26N6O2S2/c1-15-8-9-19(12-17(15)3)23(33)27-13-21-29-30-25(31(21)20-7-5-6-16(2)18(20)4)35-14-22(32)28-24-26-10-11-34-24/h5-12H,13-14H2,1-4H3,(H,27,33)(H,26,28,32). The van der Waals surface area contributed by atoms with Gasteiger partial charge in [-0.2, -0.15) is 0 Å². The number of aryl methyl sites for hydroxylation is 3. The van der Waals surface area contributed by atoms with Crippen molar-refractivity contribution >= 4 is 40.0 Å². The third kappa shape index (κ3) is 5.77. The van der Waals surface area contributed by atoms with Gasteiger partial charge in [0.1, 0.15) is 0 Å². The minimum absolute atomic E-state index is 0.150. The lowest BCUT2D eigenvalue weighted by Crippen LogP contribution is -2.25. The van der Waals surface area contributed by atoms with Crippen LogP contribution in [-0.4, -0.2) is 37.3 Å². The van der Waals surface area contributed by atoms with E-state index in [1.54, 1.807) is 11.6 Å². The summed E-state index contributed by atoms with van der Waals surface area (Å²) in [5.41, 5.74) is 5.90. The third-order valence-electron chi connectivity index (χ3n) is 5.70. The SMILES string of the molecule is Cc1ccc(C(=O)NCc2nnc(SCC(=O)Nc3nccs3)n2-c2cccc(C)c2C)cc1C. The molecule has 10 heteroatoms. The van der Waals surface area contributed by atoms with Gasteiger partial charge in [0.25, 0.3) is 5.91 Å². The van der Waals surface area contributed by atoms with Crippen molar-refractivity contribution in [2.75, 3.05) is 11.1 Å². The minimum atomic E-state index is -0.180. The molecule has 0 saturated carbocycles. The summed E-state index contributed by atoms with van der Waals surface area (Å²) in [5, 5.41) is 17.4. The Morgan fingerprint density at radius 1 is 1.03 bits per heavy atom. The van der Waals surface area contributed by atoms with Crippen molar-refractivity contribution in [1.82, 2.24) is 25.1 Å². The zero-order valence-electron chi connectivity index (χ0n) is 20.0. The monoisotopic (exact) mass is 506 g/mol. The number of thiazole rings is 1. The van der Waals surface area contributed by atoms with Crippen LogP contribution in [0.4, 0.5) is 5.13 Å². The second kappa shape index (κ2) is 10.8. The average Bonchev–Trinajstić information content (AvgIpc) is 3.49. The van der Waals surface area contributed by atoms with Gasteiger partial charge in [-0.05, 0) is 68.1 Å². The summed E-state index contributed by atoms with van der Waals surface area (Å²) in [7, 11) is 0. The van der Waals surface area contributed by atoms with Gasteiger partial charge in [0.15, 0.2) is 16.1 Å². The minimum Gasteiger partial charge on any atom is -0.345 e. The number of thioether (sulfide) groups is 1. The summed E-state index contributed by atoms with van der Waals surface area (Å²) in [6, 6.07) is 11.6. The van der Waals surface area contributed by atoms with Crippen molar-refractivity contribution in [2.45, 2.75) is 39.4 Å². The van der Waals surface area contributed by atoms with Crippen LogP contribution in [-0.2, 0) is 11.3 Å². The van der Waals surface area contributed by atoms with Crippen LogP contribution < -0.4 is 10.6 Å². The van der Waals surface area contributed by atoms with E-state index in [2.05, 4.69) is 25.8 Å². The van der Waals surface area contributed by atoms with Crippen LogP contribution in [0.3, 0.4) is 0 Å². The molecule has 0 radical (unpaired) electrons. The van der Waals surface area contributed by atoms with Crippen molar-refractivity contribution in [3.8, 4) is 5.69 Å². The van der Waals surface area contributed by atoms with Gasteiger partial charge < -0.3 is 10.6 Å². The highest BCUT2D eigenvalue weighted by atomic mass is 32.2. The van der Waals surface area contributed by atoms with Gasteiger partial charge in [-0.25, -0.2) is 4.98 Å². The first kappa shape index (κ1) is 24.6. The molecule has 0 aliphatic rings. The van der Waals surface area contributed by atoms with E-state index in [0.717, 1.165) is 27.9 Å². The maximum atomic E-state index is 12.8. The second-order valence-electron chi connectivity index (χ2n) is 8.11. The lowest BCUT2D eigenvalue weighted by molar-refractivity contribution is -0.113. The molecule has 2 heterocycles. The molecule has 2 amide bonds. The van der Waals surface area contributed by atoms with Crippen molar-refractivity contribution in [1.29, 1.82) is 0 Å². The van der Waals surface area contributed by atoms with E-state index in [1.165, 1.54) is 23.1 Å². The van der Waals surface area contributed by atoms with Gasteiger partial charge in [0.2, 0.25) is 5.91 Å². The molecule has 0 aliphatic carbocycles. The zero-order valence-corrected chi connectivity index (χ0v) is 21.6. The largest absolute Gasteiger partial charge is 0.345 e. The number of nitrogens with one attached hydrogen (secondary N) is 2. The molecule has 4 rings (SSSR count). The van der Waals surface area contributed by atoms with Crippen molar-refractivity contribution in [3.63, 3.8) is 0 Å². The van der Waals surface area contributed by atoms with E-state index in [9.17, 15) is 9.59 Å². The molecule has 35 heavy (non-hydrogen) atoms. The number of aromatic nitrogens is 4. The number of anilines is 1. The topological polar surface area (TPSA) is 102 Å². The molecule has 0 saturated heterocycles. The molecular formula is C25H26N6O2S2. The number of hydrogen-bond donors (Lipinski definition) is 2. The van der Waals surface area contributed by atoms with Crippen LogP contribution in [0.2, 0.25) is 0 Å². The molecular weight excluding hydrogens is 480 g/mol. The first-order valence-corrected chi connectivity index (χ1v) is 12.9. The van der Waals surface area contributed by atoms with E-state index in [-0.39, 0.29) is 24.1 Å². The highest BCUT2D eigenvalue weighted by Gasteiger charge is 2.19. The van der Waals surface area contributed by atoms with Crippen LogP contribution >= 0.6 is 23.1 Å². The van der Waals surface area contributed by atoms with Gasteiger partial charge in [-0.3, -0.25) is 14.2 Å². The normalized spacial score (nSPS) is 10.9. The molecule has 2 aromatic heterocycles. The number of carbonyl (C=O) groups is 2. The summed E-state index contributed by atoms with van der Waals surface area (Å²) in [5.74, 6) is 0.377. The Bertz CT molecular complexity index is 1360. The number of amides is 2. The number of benzene rings is 2. The van der Waals surface area contributed by atoms with Crippen molar-refractivity contribution in [2.24, 2.45) is 0 Å². The highest BCUT2D eigenvalue weighted by Crippen LogP contribution is 2.26. The van der Waals surface area contributed by atoms with E-state index in [1.807, 2.05) is 68.7 Å². The Balaban J connectivity index is 1.56. The second-order valence-corrected chi connectivity index (χ2v) is 9.95. The van der Waals surface area contributed by atoms with Crippen LogP contribution in [0, 0.1) is 27.7 Å². The molecule has 0 aliphatic heterocycles. The van der Waals surface area contributed by atoms with E-state index >= 15 is 0 Å². The lowest BCUT2D eigenvalue weighted by atomic mass is 10.1. The van der Waals surface area contributed by atoms with Crippen molar-refractivity contribution in [3.05, 3.63) is 81.6 Å². The Morgan fingerprint density at radius 2 is 1.86 bits per heavy atom. The quantitative estimate of drug-likeness (QED) is 0.338. The average molecular weight is 507 g/mol. The summed E-state index contributed by atoms with van der Waals surface area (Å²) in [4.78, 5) is 29.3. The predicted octanol–water partition coefficient (Wildman–Crippen LogP) is 4.62. The summed E-state index contributed by atoms with van der Waals surface area (Å²) >= 11 is 2.65. The Kier molecular flexibility index (Phi) is 7.62. The Hall–Kier alpha value is -3.50. The fourth-order valence-corrected chi connectivity index (χ4v) is 4.75. The molecule has 0 fully saturated rings. The molecule has 8 nitrogen and oxygen atoms in total. The molecule has 0 atom stereocenters. The number of hydrogen-bond acceptors (Lipinski definition) is 7. The Labute approximate surface area is 212 Å². The molecule has 0 spiro atoms. The predicted molar refractivity (Wildman–Crippen MR) is 139 cm³/mol. The summed E-state index contributed by atoms with van der Waals surface area (Å²) in [6.45, 7) is 8.26. The lowest BCUT2D eigenvalue weighted by Gasteiger charge is -2.15. The third-order valence-corrected chi connectivity index (χ3v) is 7.32. The highest BCUT2D eigenvalue weighted by molar-refractivity contribution is 7.99. The van der Waals surface area contributed by atoms with Gasteiger partial charge in [0.05, 0.1) is 18.0 Å². The maximum absolute atomic E-state index is 12.8. The number of rotatable bonds is 8. The first-order chi connectivity index (χ1) is 16.8. The molecule has 4 aromatic rings. The number of nitrogens with zero attached hydrogens (tertiary/aromatic N) is 4. The van der Waals surface area contributed by atoms with Gasteiger partial charge in [-0.1, -0.05) is 30.0 Å². The number of carbonyl (C=O) groups excluding carboxylic acids is 2. The molecule has 180 valence electrons. The summed E-state index contributed by atoms with van der Waals surface area (Å²) in [6.07, 6.45) is 1.64. The van der Waals surface area contributed by atoms with E-state index in [4.69, 9.17) is 0 Å².